The predicted octanol–water partition coefficient (Wildman–Crippen LogP) is 9.61. The Morgan fingerprint density at radius 3 is 1.85 bits per heavy atom. The minimum Gasteiger partial charge on any atom is -0.493 e. The lowest BCUT2D eigenvalue weighted by atomic mass is 9.94. The maximum atomic E-state index is 15.4. The van der Waals surface area contributed by atoms with E-state index in [4.69, 9.17) is 42.3 Å². The third-order valence-corrected chi connectivity index (χ3v) is 15.4. The molecule has 1 aliphatic rings. The van der Waals surface area contributed by atoms with Crippen LogP contribution in [0.5, 0.6) is 34.5 Å². The highest BCUT2D eigenvalue weighted by molar-refractivity contribution is 6.74. The fourth-order valence-electron chi connectivity index (χ4n) is 6.71. The molecule has 0 amide bonds. The Hall–Kier alpha value is -3.82. The number of alkyl halides is 2. The van der Waals surface area contributed by atoms with Crippen molar-refractivity contribution in [1.82, 2.24) is 4.90 Å². The maximum Gasteiger partial charge on any atom is 0.338 e. The highest BCUT2D eigenvalue weighted by atomic mass is 28.4. The molecule has 2 unspecified atom stereocenters. The first-order valence-electron chi connectivity index (χ1n) is 20.4. The fraction of sp³-hybridized carbons (Fsp3) is 0.682. The zero-order chi connectivity index (χ0) is 44.2. The summed E-state index contributed by atoms with van der Waals surface area (Å²) >= 11 is 0. The molecule has 2 aromatic rings. The Balaban J connectivity index is 1.76. The SMILES string of the molecule is COc1cc(C(=O)OC(CCCOc2cc(C(=O)OC(C)(C)C)cc(OC)c2OC)CCN2CCC(CCCO[Si](C)(C)C(C)(C)C)CC(F)(F)C2)cc(OC)c1OC. The molecule has 1 saturated heterocycles. The standard InChI is InChI=1S/C44H69F2NO11Si/c1-42(2,3)58-41(49)32-26-36(52-9)39(54-11)37(27-32)55-22-15-17-33(57-40(48)31-24-34(50-7)38(53-10)35(25-31)51-8)19-21-47-20-18-30(28-44(45,46)29-47)16-14-23-56-59(12,13)43(4,5)6/h24-27,30,33H,14-23,28-29H2,1-13H3. The molecule has 0 N–H and O–H groups in total. The van der Waals surface area contributed by atoms with Crippen LogP contribution in [0, 0.1) is 5.92 Å². The minimum atomic E-state index is -2.86. The molecule has 1 aliphatic heterocycles. The quantitative estimate of drug-likeness (QED) is 0.0676. The van der Waals surface area contributed by atoms with Crippen LogP contribution in [0.15, 0.2) is 24.3 Å². The summed E-state index contributed by atoms with van der Waals surface area (Å²) in [7, 11) is 5.39. The average Bonchev–Trinajstić information content (AvgIpc) is 3.31. The lowest BCUT2D eigenvalue weighted by Gasteiger charge is -2.36. The van der Waals surface area contributed by atoms with Gasteiger partial charge in [0.1, 0.15) is 11.7 Å². The zero-order valence-corrected chi connectivity index (χ0v) is 38.6. The molecule has 0 radical (unpaired) electrons. The van der Waals surface area contributed by atoms with E-state index in [9.17, 15) is 9.59 Å². The number of carbonyl (C=O) groups excluding carboxylic acids is 2. The molecule has 0 bridgehead atoms. The van der Waals surface area contributed by atoms with E-state index < -0.39 is 37.9 Å². The predicted molar refractivity (Wildman–Crippen MR) is 226 cm³/mol. The molecule has 59 heavy (non-hydrogen) atoms. The zero-order valence-electron chi connectivity index (χ0n) is 37.6. The molecule has 3 rings (SSSR count). The van der Waals surface area contributed by atoms with Gasteiger partial charge in [0.05, 0.1) is 59.8 Å². The highest BCUT2D eigenvalue weighted by Crippen LogP contribution is 2.41. The fourth-order valence-corrected chi connectivity index (χ4v) is 7.79. The number of rotatable bonds is 21. The van der Waals surface area contributed by atoms with Gasteiger partial charge in [-0.15, -0.1) is 0 Å². The van der Waals surface area contributed by atoms with E-state index in [1.807, 2.05) is 0 Å². The van der Waals surface area contributed by atoms with Gasteiger partial charge in [-0.2, -0.15) is 0 Å². The lowest BCUT2D eigenvalue weighted by Crippen LogP contribution is -2.41. The highest BCUT2D eigenvalue weighted by Gasteiger charge is 2.39. The third-order valence-electron chi connectivity index (χ3n) is 10.9. The first kappa shape index (κ1) is 49.5. The van der Waals surface area contributed by atoms with E-state index in [-0.39, 0.29) is 58.9 Å². The Morgan fingerprint density at radius 1 is 0.780 bits per heavy atom. The van der Waals surface area contributed by atoms with Crippen molar-refractivity contribution < 1.29 is 60.7 Å². The van der Waals surface area contributed by atoms with Gasteiger partial charge in [0.25, 0.3) is 5.92 Å². The van der Waals surface area contributed by atoms with Crippen LogP contribution < -0.4 is 28.4 Å². The summed E-state index contributed by atoms with van der Waals surface area (Å²) in [5.41, 5.74) is -0.316. The molecule has 0 aliphatic carbocycles. The monoisotopic (exact) mass is 853 g/mol. The molecule has 1 fully saturated rings. The largest absolute Gasteiger partial charge is 0.493 e. The summed E-state index contributed by atoms with van der Waals surface area (Å²) in [6.07, 6.45) is 2.32. The molecule has 334 valence electrons. The maximum absolute atomic E-state index is 15.4. The Morgan fingerprint density at radius 2 is 1.32 bits per heavy atom. The molecule has 15 heteroatoms. The second-order valence-corrected chi connectivity index (χ2v) is 22.5. The van der Waals surface area contributed by atoms with Crippen molar-refractivity contribution in [3.05, 3.63) is 35.4 Å². The van der Waals surface area contributed by atoms with Crippen LogP contribution in [-0.4, -0.2) is 111 Å². The summed E-state index contributed by atoms with van der Waals surface area (Å²) in [6, 6.07) is 6.07. The van der Waals surface area contributed by atoms with Crippen LogP contribution in [-0.2, 0) is 13.9 Å². The third kappa shape index (κ3) is 15.0. The van der Waals surface area contributed by atoms with Gasteiger partial charge in [0, 0.05) is 19.6 Å². The molecular formula is C44H69F2NO11Si. The van der Waals surface area contributed by atoms with Gasteiger partial charge < -0.3 is 42.3 Å². The number of benzene rings is 2. The van der Waals surface area contributed by atoms with E-state index in [0.29, 0.717) is 69.0 Å². The van der Waals surface area contributed by atoms with E-state index in [1.54, 1.807) is 25.7 Å². The van der Waals surface area contributed by atoms with Crippen LogP contribution in [0.4, 0.5) is 8.78 Å². The summed E-state index contributed by atoms with van der Waals surface area (Å²) in [6.45, 7) is 17.5. The second kappa shape index (κ2) is 21.6. The summed E-state index contributed by atoms with van der Waals surface area (Å²) in [4.78, 5) is 28.4. The smallest absolute Gasteiger partial charge is 0.338 e. The van der Waals surface area contributed by atoms with E-state index in [1.165, 1.54) is 59.8 Å². The number of nitrogens with zero attached hydrogens (tertiary/aromatic N) is 1. The summed E-state index contributed by atoms with van der Waals surface area (Å²) in [5.74, 6) is -2.40. The van der Waals surface area contributed by atoms with Crippen LogP contribution in [0.25, 0.3) is 0 Å². The average molecular weight is 854 g/mol. The van der Waals surface area contributed by atoms with Crippen molar-refractivity contribution >= 4 is 20.3 Å². The number of methoxy groups -OCH3 is 5. The molecule has 2 aromatic carbocycles. The first-order chi connectivity index (χ1) is 27.6. The number of hydrogen-bond acceptors (Lipinski definition) is 12. The molecule has 0 saturated carbocycles. The van der Waals surface area contributed by atoms with Crippen LogP contribution in [0.1, 0.15) is 107 Å². The van der Waals surface area contributed by atoms with Crippen molar-refractivity contribution in [3.63, 3.8) is 0 Å². The number of carbonyl (C=O) groups is 2. The van der Waals surface area contributed by atoms with Crippen molar-refractivity contribution in [1.29, 1.82) is 0 Å². The number of esters is 2. The van der Waals surface area contributed by atoms with Crippen LogP contribution in [0.2, 0.25) is 18.1 Å². The van der Waals surface area contributed by atoms with Crippen molar-refractivity contribution in [2.75, 3.05) is 68.4 Å². The first-order valence-corrected chi connectivity index (χ1v) is 23.3. The van der Waals surface area contributed by atoms with Crippen molar-refractivity contribution in [3.8, 4) is 34.5 Å². The normalized spacial score (nSPS) is 16.7. The second-order valence-electron chi connectivity index (χ2n) is 17.7. The Labute approximate surface area is 351 Å². The molecule has 0 spiro atoms. The Bertz CT molecular complexity index is 1650. The van der Waals surface area contributed by atoms with Gasteiger partial charge in [-0.1, -0.05) is 20.8 Å². The van der Waals surface area contributed by atoms with E-state index in [2.05, 4.69) is 33.9 Å². The number of likely N-dealkylation sites (tertiary alicyclic amines) is 1. The number of ether oxygens (including phenoxy) is 8. The van der Waals surface area contributed by atoms with Gasteiger partial charge in [-0.05, 0) is 114 Å². The van der Waals surface area contributed by atoms with Crippen LogP contribution >= 0.6 is 0 Å². The molecule has 1 heterocycles. The molecule has 0 aromatic heterocycles. The molecule has 12 nitrogen and oxygen atoms in total. The van der Waals surface area contributed by atoms with Crippen molar-refractivity contribution in [2.45, 2.75) is 122 Å². The summed E-state index contributed by atoms with van der Waals surface area (Å²) < 4.78 is 82.2. The molecular weight excluding hydrogens is 785 g/mol. The van der Waals surface area contributed by atoms with E-state index >= 15 is 8.78 Å². The van der Waals surface area contributed by atoms with Crippen LogP contribution in [0.3, 0.4) is 0 Å². The number of hydrogen-bond donors (Lipinski definition) is 0. The van der Waals surface area contributed by atoms with Gasteiger partial charge in [0.2, 0.25) is 11.5 Å². The van der Waals surface area contributed by atoms with Gasteiger partial charge in [-0.3, -0.25) is 4.90 Å². The van der Waals surface area contributed by atoms with Gasteiger partial charge in [0.15, 0.2) is 31.3 Å². The number of halogens is 2. The van der Waals surface area contributed by atoms with Gasteiger partial charge >= 0.3 is 11.9 Å². The molecule has 2 atom stereocenters. The van der Waals surface area contributed by atoms with Gasteiger partial charge in [-0.25, -0.2) is 18.4 Å². The lowest BCUT2D eigenvalue weighted by molar-refractivity contribution is -0.0407. The van der Waals surface area contributed by atoms with Crippen molar-refractivity contribution in [2.24, 2.45) is 5.92 Å². The topological polar surface area (TPSA) is 120 Å². The van der Waals surface area contributed by atoms with E-state index in [0.717, 1.165) is 6.42 Å². The Kier molecular flexibility index (Phi) is 18.2. The summed E-state index contributed by atoms with van der Waals surface area (Å²) in [5, 5.41) is 0.0906. The minimum absolute atomic E-state index is 0.0906.